The van der Waals surface area contributed by atoms with E-state index in [1.54, 1.807) is 12.1 Å². The van der Waals surface area contributed by atoms with Crippen LogP contribution in [0.2, 0.25) is 0 Å². The zero-order valence-electron chi connectivity index (χ0n) is 11.8. The second kappa shape index (κ2) is 6.37. The van der Waals surface area contributed by atoms with Crippen LogP contribution < -0.4 is 5.32 Å². The van der Waals surface area contributed by atoms with Crippen molar-refractivity contribution in [2.75, 3.05) is 18.1 Å². The molecule has 110 valence electrons. The molecule has 0 aliphatic carbocycles. The summed E-state index contributed by atoms with van der Waals surface area (Å²) in [7, 11) is 0. The van der Waals surface area contributed by atoms with E-state index in [1.807, 2.05) is 12.1 Å². The van der Waals surface area contributed by atoms with Crippen LogP contribution in [0, 0.1) is 0 Å². The first-order chi connectivity index (χ1) is 9.76. The van der Waals surface area contributed by atoms with Crippen molar-refractivity contribution >= 4 is 11.8 Å². The molecular weight excluding hydrogens is 270 g/mol. The fourth-order valence-corrected chi connectivity index (χ4v) is 4.41. The van der Waals surface area contributed by atoms with Crippen LogP contribution >= 0.6 is 11.8 Å². The first-order valence-electron chi connectivity index (χ1n) is 7.49. The smallest absolute Gasteiger partial charge is 0.115 e. The molecule has 1 aromatic carbocycles. The molecule has 0 saturated carbocycles. The van der Waals surface area contributed by atoms with Crippen molar-refractivity contribution in [3.63, 3.8) is 0 Å². The molecule has 2 fully saturated rings. The highest BCUT2D eigenvalue weighted by Crippen LogP contribution is 2.37. The number of benzene rings is 1. The summed E-state index contributed by atoms with van der Waals surface area (Å²) in [5, 5.41) is 13.0. The summed E-state index contributed by atoms with van der Waals surface area (Å²) in [5.74, 6) is 2.81. The molecule has 3 nitrogen and oxygen atoms in total. The Morgan fingerprint density at radius 2 is 2.00 bits per heavy atom. The minimum Gasteiger partial charge on any atom is -0.508 e. The van der Waals surface area contributed by atoms with E-state index in [9.17, 15) is 5.11 Å². The maximum atomic E-state index is 9.30. The van der Waals surface area contributed by atoms with Gasteiger partial charge in [0.2, 0.25) is 0 Å². The number of hydrogen-bond acceptors (Lipinski definition) is 4. The van der Waals surface area contributed by atoms with Gasteiger partial charge in [0.05, 0.1) is 5.60 Å². The number of nitrogens with one attached hydrogen (secondary N) is 1. The van der Waals surface area contributed by atoms with Crippen molar-refractivity contribution < 1.29 is 9.84 Å². The van der Waals surface area contributed by atoms with E-state index >= 15 is 0 Å². The molecule has 2 N–H and O–H groups in total. The van der Waals surface area contributed by atoms with Gasteiger partial charge in [-0.2, -0.15) is 11.8 Å². The number of rotatable bonds is 3. The van der Waals surface area contributed by atoms with Crippen molar-refractivity contribution in [2.24, 2.45) is 0 Å². The molecule has 1 atom stereocenters. The summed E-state index contributed by atoms with van der Waals surface area (Å²) in [5.41, 5.74) is 1.37. The summed E-state index contributed by atoms with van der Waals surface area (Å²) in [6, 6.07) is 8.02. The van der Waals surface area contributed by atoms with Crippen LogP contribution in [0.15, 0.2) is 24.3 Å². The number of ether oxygens (including phenoxy) is 1. The van der Waals surface area contributed by atoms with Gasteiger partial charge in [0, 0.05) is 19.2 Å². The molecule has 0 bridgehead atoms. The van der Waals surface area contributed by atoms with Crippen LogP contribution in [0.25, 0.3) is 0 Å². The van der Waals surface area contributed by atoms with Crippen LogP contribution in [-0.2, 0) is 11.3 Å². The van der Waals surface area contributed by atoms with Gasteiger partial charge >= 0.3 is 0 Å². The van der Waals surface area contributed by atoms with Crippen LogP contribution in [-0.4, -0.2) is 34.9 Å². The molecule has 1 spiro atoms. The fourth-order valence-electron chi connectivity index (χ4n) is 3.17. The lowest BCUT2D eigenvalue weighted by molar-refractivity contribution is -0.0933. The predicted molar refractivity (Wildman–Crippen MR) is 83.2 cm³/mol. The lowest BCUT2D eigenvalue weighted by atomic mass is 9.85. The van der Waals surface area contributed by atoms with E-state index in [0.717, 1.165) is 26.0 Å². The van der Waals surface area contributed by atoms with Crippen molar-refractivity contribution in [1.29, 1.82) is 0 Å². The molecule has 2 aliphatic heterocycles. The number of hydrogen-bond donors (Lipinski definition) is 2. The number of phenols is 1. The van der Waals surface area contributed by atoms with Gasteiger partial charge in [0.15, 0.2) is 0 Å². The molecule has 2 aliphatic rings. The van der Waals surface area contributed by atoms with E-state index in [1.165, 1.54) is 29.9 Å². The predicted octanol–water partition coefficient (Wildman–Crippen LogP) is 2.93. The third kappa shape index (κ3) is 3.48. The van der Waals surface area contributed by atoms with Crippen LogP contribution in [0.5, 0.6) is 5.75 Å². The van der Waals surface area contributed by atoms with Gasteiger partial charge in [-0.25, -0.2) is 0 Å². The second-order valence-electron chi connectivity index (χ2n) is 5.88. The Labute approximate surface area is 125 Å². The molecule has 0 radical (unpaired) electrons. The fraction of sp³-hybridized carbons (Fsp3) is 0.625. The van der Waals surface area contributed by atoms with E-state index in [4.69, 9.17) is 4.74 Å². The number of aromatic hydroxyl groups is 1. The summed E-state index contributed by atoms with van der Waals surface area (Å²) < 4.78 is 6.12. The molecular formula is C16H23NO2S. The lowest BCUT2D eigenvalue weighted by Gasteiger charge is -2.43. The van der Waals surface area contributed by atoms with Gasteiger partial charge < -0.3 is 15.2 Å². The third-order valence-corrected chi connectivity index (χ3v) is 5.41. The van der Waals surface area contributed by atoms with Gasteiger partial charge in [-0.1, -0.05) is 12.1 Å². The van der Waals surface area contributed by atoms with E-state index < -0.39 is 0 Å². The maximum Gasteiger partial charge on any atom is 0.115 e. The Bertz CT molecular complexity index is 423. The van der Waals surface area contributed by atoms with Crippen LogP contribution in [0.1, 0.15) is 31.2 Å². The average molecular weight is 293 g/mol. The van der Waals surface area contributed by atoms with Crippen LogP contribution in [0.4, 0.5) is 0 Å². The van der Waals surface area contributed by atoms with Gasteiger partial charge in [0.1, 0.15) is 5.75 Å². The SMILES string of the molecule is Oc1ccc(CNC2CCOC3(CCSCC3)C2)cc1. The summed E-state index contributed by atoms with van der Waals surface area (Å²) >= 11 is 2.05. The largest absolute Gasteiger partial charge is 0.508 e. The highest BCUT2D eigenvalue weighted by atomic mass is 32.2. The van der Waals surface area contributed by atoms with E-state index in [-0.39, 0.29) is 5.60 Å². The summed E-state index contributed by atoms with van der Waals surface area (Å²) in [4.78, 5) is 0. The first kappa shape index (κ1) is 14.2. The van der Waals surface area contributed by atoms with Crippen molar-refractivity contribution in [1.82, 2.24) is 5.32 Å². The molecule has 2 heterocycles. The van der Waals surface area contributed by atoms with Gasteiger partial charge in [-0.3, -0.25) is 0 Å². The van der Waals surface area contributed by atoms with Gasteiger partial charge in [-0.15, -0.1) is 0 Å². The normalized spacial score (nSPS) is 25.7. The second-order valence-corrected chi connectivity index (χ2v) is 7.11. The van der Waals surface area contributed by atoms with Crippen molar-refractivity contribution in [3.05, 3.63) is 29.8 Å². The number of phenolic OH excluding ortho intramolecular Hbond substituents is 1. The zero-order chi connectivity index (χ0) is 13.8. The molecule has 20 heavy (non-hydrogen) atoms. The topological polar surface area (TPSA) is 41.5 Å². The Morgan fingerprint density at radius 1 is 1.25 bits per heavy atom. The molecule has 3 rings (SSSR count). The Morgan fingerprint density at radius 3 is 2.75 bits per heavy atom. The monoisotopic (exact) mass is 293 g/mol. The third-order valence-electron chi connectivity index (χ3n) is 4.43. The Balaban J connectivity index is 1.53. The summed E-state index contributed by atoms with van der Waals surface area (Å²) in [6.45, 7) is 1.76. The quantitative estimate of drug-likeness (QED) is 0.899. The van der Waals surface area contributed by atoms with Gasteiger partial charge in [-0.05, 0) is 54.9 Å². The zero-order valence-corrected chi connectivity index (χ0v) is 12.6. The van der Waals surface area contributed by atoms with Crippen molar-refractivity contribution in [2.45, 2.75) is 43.9 Å². The van der Waals surface area contributed by atoms with Gasteiger partial charge in [0.25, 0.3) is 0 Å². The highest BCUT2D eigenvalue weighted by Gasteiger charge is 2.38. The van der Waals surface area contributed by atoms with E-state index in [0.29, 0.717) is 11.8 Å². The van der Waals surface area contributed by atoms with Crippen molar-refractivity contribution in [3.8, 4) is 5.75 Å². The minimum absolute atomic E-state index is 0.149. The molecule has 1 aromatic rings. The molecule has 1 unspecified atom stereocenters. The molecule has 0 aromatic heterocycles. The molecule has 4 heteroatoms. The van der Waals surface area contributed by atoms with Crippen LogP contribution in [0.3, 0.4) is 0 Å². The maximum absolute atomic E-state index is 9.30. The number of thioether (sulfide) groups is 1. The lowest BCUT2D eigenvalue weighted by Crippen LogP contribution is -2.48. The standard InChI is InChI=1S/C16H23NO2S/c18-15-3-1-13(2-4-15)12-17-14-5-8-19-16(11-14)6-9-20-10-7-16/h1-4,14,17-18H,5-12H2. The molecule has 2 saturated heterocycles. The van der Waals surface area contributed by atoms with E-state index in [2.05, 4.69) is 17.1 Å². The average Bonchev–Trinajstić information content (AvgIpc) is 2.48. The Kier molecular flexibility index (Phi) is 4.54. The Hall–Kier alpha value is -0.710. The summed E-state index contributed by atoms with van der Waals surface area (Å²) in [6.07, 6.45) is 4.66. The first-order valence-corrected chi connectivity index (χ1v) is 8.64. The highest BCUT2D eigenvalue weighted by molar-refractivity contribution is 7.99. The molecule has 0 amide bonds. The minimum atomic E-state index is 0.149.